The average molecular weight is 444 g/mol. The predicted octanol–water partition coefficient (Wildman–Crippen LogP) is 3.66. The second kappa shape index (κ2) is 7.97. The van der Waals surface area contributed by atoms with Crippen molar-refractivity contribution in [3.8, 4) is 0 Å². The molecule has 0 saturated heterocycles. The molecule has 7 nitrogen and oxygen atoms in total. The molecule has 0 aliphatic carbocycles. The van der Waals surface area contributed by atoms with Gasteiger partial charge in [-0.05, 0) is 36.4 Å². The second-order valence-electron chi connectivity index (χ2n) is 7.17. The van der Waals surface area contributed by atoms with E-state index in [1.165, 1.54) is 17.0 Å². The van der Waals surface area contributed by atoms with Gasteiger partial charge in [0, 0.05) is 9.79 Å². The van der Waals surface area contributed by atoms with E-state index in [-0.39, 0.29) is 11.1 Å². The van der Waals surface area contributed by atoms with Gasteiger partial charge in [-0.1, -0.05) is 48.2 Å². The van der Waals surface area contributed by atoms with Gasteiger partial charge in [-0.2, -0.15) is 0 Å². The summed E-state index contributed by atoms with van der Waals surface area (Å²) >= 11 is 1.56. The quantitative estimate of drug-likeness (QED) is 0.451. The van der Waals surface area contributed by atoms with Crippen LogP contribution in [0.4, 0.5) is 11.4 Å². The van der Waals surface area contributed by atoms with Crippen molar-refractivity contribution >= 4 is 46.8 Å². The molecular weight excluding hydrogens is 428 g/mol. The average Bonchev–Trinajstić information content (AvgIpc) is 3.06. The highest BCUT2D eigenvalue weighted by Gasteiger charge is 2.37. The zero-order valence-corrected chi connectivity index (χ0v) is 17.5. The number of ether oxygens (including phenoxy) is 1. The molecule has 0 fully saturated rings. The highest BCUT2D eigenvalue weighted by molar-refractivity contribution is 7.99. The minimum Gasteiger partial charge on any atom is -0.454 e. The lowest BCUT2D eigenvalue weighted by Gasteiger charge is -2.30. The minimum absolute atomic E-state index is 0.250. The van der Waals surface area contributed by atoms with Crippen molar-refractivity contribution in [1.29, 1.82) is 0 Å². The summed E-state index contributed by atoms with van der Waals surface area (Å²) in [6.45, 7) is -1.07. The standard InChI is InChI=1S/C24H16N2O5S/c27-21(26-17-9-3-5-11-19(17)32-20-12-6-4-10-18(20)26)14-31-22(28)13-25-23(29)15-7-1-2-8-16(15)24(25)30/h1-12H,13-14H2. The van der Waals surface area contributed by atoms with Crippen LogP contribution in [0.25, 0.3) is 0 Å². The van der Waals surface area contributed by atoms with Gasteiger partial charge in [0.1, 0.15) is 6.54 Å². The van der Waals surface area contributed by atoms with Gasteiger partial charge < -0.3 is 4.74 Å². The summed E-state index contributed by atoms with van der Waals surface area (Å²) < 4.78 is 5.16. The van der Waals surface area contributed by atoms with E-state index in [1.807, 2.05) is 48.5 Å². The largest absolute Gasteiger partial charge is 0.454 e. The van der Waals surface area contributed by atoms with E-state index in [1.54, 1.807) is 23.9 Å². The van der Waals surface area contributed by atoms with Crippen molar-refractivity contribution in [2.45, 2.75) is 9.79 Å². The van der Waals surface area contributed by atoms with E-state index in [9.17, 15) is 19.2 Å². The number of rotatable bonds is 4. The SMILES string of the molecule is O=C(CN1C(=O)c2ccccc2C1=O)OCC(=O)N1c2ccccc2Sc2ccccc21. The van der Waals surface area contributed by atoms with Crippen LogP contribution in [0.3, 0.4) is 0 Å². The Morgan fingerprint density at radius 3 is 1.81 bits per heavy atom. The number of fused-ring (bicyclic) bond motifs is 3. The van der Waals surface area contributed by atoms with Crippen molar-refractivity contribution in [2.75, 3.05) is 18.1 Å². The number of benzene rings is 3. The van der Waals surface area contributed by atoms with Crippen LogP contribution >= 0.6 is 11.8 Å². The molecule has 3 aromatic carbocycles. The van der Waals surface area contributed by atoms with Crippen molar-refractivity contribution in [3.05, 3.63) is 83.9 Å². The molecule has 2 aliphatic rings. The van der Waals surface area contributed by atoms with Crippen molar-refractivity contribution in [1.82, 2.24) is 4.90 Å². The van der Waals surface area contributed by atoms with Crippen LogP contribution in [-0.2, 0) is 14.3 Å². The van der Waals surface area contributed by atoms with Gasteiger partial charge in [-0.25, -0.2) is 0 Å². The number of hydrogen-bond acceptors (Lipinski definition) is 6. The zero-order valence-electron chi connectivity index (χ0n) is 16.7. The Morgan fingerprint density at radius 1 is 0.750 bits per heavy atom. The molecule has 32 heavy (non-hydrogen) atoms. The first-order valence-corrected chi connectivity index (χ1v) is 10.7. The Kier molecular flexibility index (Phi) is 4.99. The van der Waals surface area contributed by atoms with E-state index >= 15 is 0 Å². The molecule has 0 atom stereocenters. The van der Waals surface area contributed by atoms with Crippen LogP contribution in [0.1, 0.15) is 20.7 Å². The van der Waals surface area contributed by atoms with Crippen molar-refractivity contribution < 1.29 is 23.9 Å². The molecule has 0 N–H and O–H groups in total. The molecule has 5 rings (SSSR count). The Hall–Kier alpha value is -3.91. The third-order valence-corrected chi connectivity index (χ3v) is 6.33. The molecule has 8 heteroatoms. The Bertz CT molecular complexity index is 1210. The van der Waals surface area contributed by atoms with Crippen LogP contribution in [0.15, 0.2) is 82.6 Å². The fraction of sp³-hybridized carbons (Fsp3) is 0.0833. The van der Waals surface area contributed by atoms with Gasteiger partial charge in [0.15, 0.2) is 6.61 Å². The molecule has 2 heterocycles. The van der Waals surface area contributed by atoms with Gasteiger partial charge in [0.25, 0.3) is 17.7 Å². The van der Waals surface area contributed by atoms with Gasteiger partial charge in [-0.15, -0.1) is 0 Å². The Balaban J connectivity index is 1.29. The first kappa shape index (κ1) is 20.0. The molecule has 0 unspecified atom stereocenters. The number of amides is 3. The van der Waals surface area contributed by atoms with E-state index in [4.69, 9.17) is 4.74 Å². The molecule has 0 radical (unpaired) electrons. The third kappa shape index (κ3) is 3.34. The second-order valence-corrected chi connectivity index (χ2v) is 8.25. The monoisotopic (exact) mass is 444 g/mol. The number of imide groups is 1. The van der Waals surface area contributed by atoms with E-state index in [0.29, 0.717) is 11.4 Å². The summed E-state index contributed by atoms with van der Waals surface area (Å²) in [5.41, 5.74) is 1.91. The maximum atomic E-state index is 13.1. The van der Waals surface area contributed by atoms with Crippen molar-refractivity contribution in [3.63, 3.8) is 0 Å². The summed E-state index contributed by atoms with van der Waals surface area (Å²) in [6, 6.07) is 21.3. The first-order chi connectivity index (χ1) is 15.5. The van der Waals surface area contributed by atoms with Gasteiger partial charge in [0.2, 0.25) is 0 Å². The van der Waals surface area contributed by atoms with E-state index in [2.05, 4.69) is 0 Å². The fourth-order valence-electron chi connectivity index (χ4n) is 3.74. The lowest BCUT2D eigenvalue weighted by atomic mass is 10.1. The van der Waals surface area contributed by atoms with E-state index < -0.39 is 36.8 Å². The maximum Gasteiger partial charge on any atom is 0.326 e. The molecular formula is C24H16N2O5S. The molecule has 0 aromatic heterocycles. The highest BCUT2D eigenvalue weighted by Crippen LogP contribution is 2.47. The molecule has 0 bridgehead atoms. The van der Waals surface area contributed by atoms with Crippen LogP contribution < -0.4 is 4.90 Å². The Morgan fingerprint density at radius 2 is 1.25 bits per heavy atom. The number of hydrogen-bond donors (Lipinski definition) is 0. The zero-order chi connectivity index (χ0) is 22.2. The van der Waals surface area contributed by atoms with Gasteiger partial charge >= 0.3 is 5.97 Å². The van der Waals surface area contributed by atoms with Crippen molar-refractivity contribution in [2.24, 2.45) is 0 Å². The number of carbonyl (C=O) groups excluding carboxylic acids is 4. The van der Waals surface area contributed by atoms with Crippen LogP contribution in [0.2, 0.25) is 0 Å². The predicted molar refractivity (Wildman–Crippen MR) is 117 cm³/mol. The van der Waals surface area contributed by atoms with E-state index in [0.717, 1.165) is 14.7 Å². The summed E-state index contributed by atoms with van der Waals surface area (Å²) in [5.74, 6) is -2.36. The smallest absolute Gasteiger partial charge is 0.326 e. The lowest BCUT2D eigenvalue weighted by Crippen LogP contribution is -2.38. The summed E-state index contributed by atoms with van der Waals surface area (Å²) in [4.78, 5) is 54.5. The maximum absolute atomic E-state index is 13.1. The van der Waals surface area contributed by atoms with Crippen LogP contribution in [0, 0.1) is 0 Å². The topological polar surface area (TPSA) is 84.0 Å². The van der Waals surface area contributed by atoms with Gasteiger partial charge in [-0.3, -0.25) is 29.0 Å². The fourth-order valence-corrected chi connectivity index (χ4v) is 4.80. The summed E-state index contributed by atoms with van der Waals surface area (Å²) in [6.07, 6.45) is 0. The third-order valence-electron chi connectivity index (χ3n) is 5.20. The number of anilines is 2. The normalized spacial score (nSPS) is 14.0. The van der Waals surface area contributed by atoms with Crippen LogP contribution in [-0.4, -0.2) is 41.7 Å². The highest BCUT2D eigenvalue weighted by atomic mass is 32.2. The lowest BCUT2D eigenvalue weighted by molar-refractivity contribution is -0.147. The van der Waals surface area contributed by atoms with Gasteiger partial charge in [0.05, 0.1) is 22.5 Å². The minimum atomic E-state index is -0.833. The number of nitrogens with zero attached hydrogens (tertiary/aromatic N) is 2. The number of carbonyl (C=O) groups is 4. The van der Waals surface area contributed by atoms with Crippen LogP contribution in [0.5, 0.6) is 0 Å². The first-order valence-electron chi connectivity index (χ1n) is 9.84. The Labute approximate surface area is 187 Å². The summed E-state index contributed by atoms with van der Waals surface area (Å²) in [7, 11) is 0. The summed E-state index contributed by atoms with van der Waals surface area (Å²) in [5, 5.41) is 0. The molecule has 158 valence electrons. The molecule has 2 aliphatic heterocycles. The molecule has 3 amide bonds. The molecule has 0 saturated carbocycles. The number of para-hydroxylation sites is 2. The molecule has 3 aromatic rings. The number of esters is 1. The molecule has 0 spiro atoms.